The van der Waals surface area contributed by atoms with Crippen LogP contribution in [-0.2, 0) is 6.42 Å². The van der Waals surface area contributed by atoms with Crippen molar-refractivity contribution in [2.24, 2.45) is 11.3 Å². The fourth-order valence-corrected chi connectivity index (χ4v) is 4.93. The van der Waals surface area contributed by atoms with E-state index in [0.717, 1.165) is 18.9 Å². The van der Waals surface area contributed by atoms with E-state index in [9.17, 15) is 0 Å². The molecule has 4 rings (SSSR count). The van der Waals surface area contributed by atoms with Crippen LogP contribution in [0.25, 0.3) is 0 Å². The predicted molar refractivity (Wildman–Crippen MR) is 115 cm³/mol. The summed E-state index contributed by atoms with van der Waals surface area (Å²) < 4.78 is 0. The lowest BCUT2D eigenvalue weighted by atomic mass is 9.92. The highest BCUT2D eigenvalue weighted by atomic mass is 15.1. The molecule has 0 radical (unpaired) electrons. The molecule has 1 saturated heterocycles. The zero-order valence-corrected chi connectivity index (χ0v) is 16.6. The molecule has 27 heavy (non-hydrogen) atoms. The van der Waals surface area contributed by atoms with E-state index in [4.69, 9.17) is 0 Å². The summed E-state index contributed by atoms with van der Waals surface area (Å²) in [6.45, 7) is 4.76. The van der Waals surface area contributed by atoms with Gasteiger partial charge in [0.25, 0.3) is 0 Å². The van der Waals surface area contributed by atoms with E-state index >= 15 is 0 Å². The minimum Gasteiger partial charge on any atom is -0.372 e. The largest absolute Gasteiger partial charge is 0.372 e. The Labute approximate surface area is 165 Å². The molecule has 2 heteroatoms. The predicted octanol–water partition coefficient (Wildman–Crippen LogP) is 5.30. The Bertz CT molecular complexity index is 684. The molecule has 1 aliphatic heterocycles. The minimum atomic E-state index is 0.622. The number of nitrogens with zero attached hydrogens (tertiary/aromatic N) is 1. The van der Waals surface area contributed by atoms with Gasteiger partial charge in [-0.1, -0.05) is 61.4 Å². The van der Waals surface area contributed by atoms with Gasteiger partial charge >= 0.3 is 0 Å². The van der Waals surface area contributed by atoms with Crippen LogP contribution in [0, 0.1) is 11.3 Å². The maximum Gasteiger partial charge on any atom is 0.0366 e. The van der Waals surface area contributed by atoms with Crippen molar-refractivity contribution in [2.45, 2.75) is 44.9 Å². The van der Waals surface area contributed by atoms with E-state index < -0.39 is 0 Å². The molecular weight excluding hydrogens is 328 g/mol. The van der Waals surface area contributed by atoms with Gasteiger partial charge in [-0.25, -0.2) is 0 Å². The molecule has 0 aromatic heterocycles. The van der Waals surface area contributed by atoms with E-state index in [1.54, 1.807) is 0 Å². The van der Waals surface area contributed by atoms with Crippen molar-refractivity contribution in [3.05, 3.63) is 66.2 Å². The summed E-state index contributed by atoms with van der Waals surface area (Å²) in [4.78, 5) is 2.63. The van der Waals surface area contributed by atoms with Crippen LogP contribution in [-0.4, -0.2) is 26.2 Å². The van der Waals surface area contributed by atoms with Crippen molar-refractivity contribution in [3.8, 4) is 0 Å². The van der Waals surface area contributed by atoms with Gasteiger partial charge in [-0.15, -0.1) is 0 Å². The highest BCUT2D eigenvalue weighted by molar-refractivity contribution is 5.46. The number of para-hydroxylation sites is 1. The number of hydrogen-bond donors (Lipinski definition) is 1. The maximum atomic E-state index is 3.75. The second-order valence-corrected chi connectivity index (χ2v) is 8.59. The van der Waals surface area contributed by atoms with Gasteiger partial charge in [0, 0.05) is 18.8 Å². The third kappa shape index (κ3) is 4.93. The first kappa shape index (κ1) is 18.6. The SMILES string of the molecule is c1ccc(CCNCC2CC23CCCCCN(c2ccccc2)CC3)cc1. The Hall–Kier alpha value is -1.80. The first-order valence-corrected chi connectivity index (χ1v) is 10.9. The second kappa shape index (κ2) is 8.93. The third-order valence-corrected chi connectivity index (χ3v) is 6.79. The fraction of sp³-hybridized carbons (Fsp3) is 0.520. The van der Waals surface area contributed by atoms with Crippen molar-refractivity contribution >= 4 is 5.69 Å². The quantitative estimate of drug-likeness (QED) is 0.702. The highest BCUT2D eigenvalue weighted by Gasteiger charge is 2.52. The molecule has 2 atom stereocenters. The summed E-state index contributed by atoms with van der Waals surface area (Å²) in [7, 11) is 0. The second-order valence-electron chi connectivity index (χ2n) is 8.59. The fourth-order valence-electron chi connectivity index (χ4n) is 4.93. The lowest BCUT2D eigenvalue weighted by Crippen LogP contribution is -2.28. The Morgan fingerprint density at radius 1 is 0.852 bits per heavy atom. The topological polar surface area (TPSA) is 15.3 Å². The van der Waals surface area contributed by atoms with Gasteiger partial charge in [0.2, 0.25) is 0 Å². The van der Waals surface area contributed by atoms with E-state index in [-0.39, 0.29) is 0 Å². The molecule has 1 heterocycles. The van der Waals surface area contributed by atoms with Crippen LogP contribution in [0.1, 0.15) is 44.1 Å². The molecule has 1 aliphatic carbocycles. The molecule has 0 amide bonds. The number of anilines is 1. The van der Waals surface area contributed by atoms with Gasteiger partial charge in [-0.2, -0.15) is 0 Å². The van der Waals surface area contributed by atoms with Crippen LogP contribution in [0.5, 0.6) is 0 Å². The number of benzene rings is 2. The van der Waals surface area contributed by atoms with Gasteiger partial charge in [0.15, 0.2) is 0 Å². The van der Waals surface area contributed by atoms with Crippen molar-refractivity contribution < 1.29 is 0 Å². The summed E-state index contributed by atoms with van der Waals surface area (Å²) in [5.74, 6) is 0.893. The van der Waals surface area contributed by atoms with Crippen LogP contribution in [0.15, 0.2) is 60.7 Å². The lowest BCUT2D eigenvalue weighted by molar-refractivity contribution is 0.373. The first-order valence-electron chi connectivity index (χ1n) is 10.9. The van der Waals surface area contributed by atoms with E-state index in [1.165, 1.54) is 69.4 Å². The van der Waals surface area contributed by atoms with Crippen molar-refractivity contribution in [3.63, 3.8) is 0 Å². The molecule has 2 unspecified atom stereocenters. The summed E-state index contributed by atoms with van der Waals surface area (Å²) >= 11 is 0. The zero-order valence-electron chi connectivity index (χ0n) is 16.6. The molecular formula is C25H34N2. The number of hydrogen-bond acceptors (Lipinski definition) is 2. The van der Waals surface area contributed by atoms with Gasteiger partial charge in [0.05, 0.1) is 0 Å². The van der Waals surface area contributed by atoms with Gasteiger partial charge in [0.1, 0.15) is 0 Å². The Balaban J connectivity index is 1.26. The summed E-state index contributed by atoms with van der Waals surface area (Å²) in [6, 6.07) is 21.9. The van der Waals surface area contributed by atoms with Gasteiger partial charge in [-0.3, -0.25) is 0 Å². The molecule has 2 nitrogen and oxygen atoms in total. The molecule has 2 fully saturated rings. The number of nitrogens with one attached hydrogen (secondary N) is 1. The van der Waals surface area contributed by atoms with Crippen LogP contribution in [0.3, 0.4) is 0 Å². The molecule has 1 N–H and O–H groups in total. The standard InChI is InChI=1S/C25H34N2/c1-4-10-22(11-5-1)14-17-26-21-23-20-25(23)15-8-3-9-18-27(19-16-25)24-12-6-2-7-13-24/h1-2,4-7,10-13,23,26H,3,8-9,14-21H2. The van der Waals surface area contributed by atoms with Crippen molar-refractivity contribution in [1.82, 2.24) is 5.32 Å². The van der Waals surface area contributed by atoms with Crippen LogP contribution < -0.4 is 10.2 Å². The molecule has 2 aromatic carbocycles. The summed E-state index contributed by atoms with van der Waals surface area (Å²) in [5, 5.41) is 3.75. The van der Waals surface area contributed by atoms with Crippen molar-refractivity contribution in [1.29, 1.82) is 0 Å². The summed E-state index contributed by atoms with van der Waals surface area (Å²) in [5.41, 5.74) is 3.47. The Morgan fingerprint density at radius 3 is 2.44 bits per heavy atom. The van der Waals surface area contributed by atoms with Crippen molar-refractivity contribution in [2.75, 3.05) is 31.1 Å². The van der Waals surface area contributed by atoms with Gasteiger partial charge in [-0.05, 0) is 74.2 Å². The van der Waals surface area contributed by atoms with E-state index in [2.05, 4.69) is 70.9 Å². The molecule has 144 valence electrons. The molecule has 0 bridgehead atoms. The minimum absolute atomic E-state index is 0.622. The molecule has 1 spiro atoms. The zero-order chi connectivity index (χ0) is 18.4. The molecule has 2 aromatic rings. The van der Waals surface area contributed by atoms with Crippen LogP contribution in [0.2, 0.25) is 0 Å². The average molecular weight is 363 g/mol. The lowest BCUT2D eigenvalue weighted by Gasteiger charge is -2.26. The van der Waals surface area contributed by atoms with E-state index in [0.29, 0.717) is 5.41 Å². The molecule has 2 aliphatic rings. The Morgan fingerprint density at radius 2 is 1.63 bits per heavy atom. The normalized spacial score (nSPS) is 25.6. The van der Waals surface area contributed by atoms with E-state index in [1.807, 2.05) is 0 Å². The monoisotopic (exact) mass is 362 g/mol. The van der Waals surface area contributed by atoms with Crippen LogP contribution >= 0.6 is 0 Å². The maximum absolute atomic E-state index is 3.75. The Kier molecular flexibility index (Phi) is 6.14. The smallest absolute Gasteiger partial charge is 0.0366 e. The summed E-state index contributed by atoms with van der Waals surface area (Å²) in [6.07, 6.45) is 9.54. The number of rotatable bonds is 6. The molecule has 1 saturated carbocycles. The first-order chi connectivity index (χ1) is 13.4. The van der Waals surface area contributed by atoms with Crippen LogP contribution in [0.4, 0.5) is 5.69 Å². The average Bonchev–Trinajstić information content (AvgIpc) is 3.38. The van der Waals surface area contributed by atoms with Gasteiger partial charge < -0.3 is 10.2 Å². The third-order valence-electron chi connectivity index (χ3n) is 6.79. The highest BCUT2D eigenvalue weighted by Crippen LogP contribution is 2.58.